The number of carbonyl (C=O) groups excluding carboxylic acids is 6. The number of hydrogen-bond donors (Lipinski definition) is 2. The van der Waals surface area contributed by atoms with Crippen LogP contribution in [0.15, 0.2) is 91.0 Å². The lowest BCUT2D eigenvalue weighted by molar-refractivity contribution is -0.354. The SMILES string of the molecule is CC(=O)N[C@H]1[C@H](OCCCCCCNC(=O)OCc2ccccc2)O[C@H](COCc2ccccc2)[C@@H](O[C@@H]2O[C@H](COC(C)=O)[C@H](OC(C)=O)[C@H](OC(C)=O)[C@H]2OC(C)=O)[C@@H]1OCc1ccccc1. The van der Waals surface area contributed by atoms with Gasteiger partial charge in [0.25, 0.3) is 0 Å². The van der Waals surface area contributed by atoms with Crippen LogP contribution in [0.3, 0.4) is 0 Å². The Labute approximate surface area is 402 Å². The molecule has 2 N–H and O–H groups in total. The molecule has 0 aromatic heterocycles. The lowest BCUT2D eigenvalue weighted by Gasteiger charge is -2.49. The Balaban J connectivity index is 1.40. The predicted molar refractivity (Wildman–Crippen MR) is 243 cm³/mol. The molecule has 3 aromatic rings. The molecule has 2 aliphatic heterocycles. The van der Waals surface area contributed by atoms with Gasteiger partial charge in [-0.2, -0.15) is 0 Å². The molecule has 2 aliphatic rings. The van der Waals surface area contributed by atoms with Crippen molar-refractivity contribution in [3.63, 3.8) is 0 Å². The number of hydrogen-bond acceptors (Lipinski definition) is 17. The molecule has 0 unspecified atom stereocenters. The first kappa shape index (κ1) is 54.0. The number of rotatable bonds is 25. The van der Waals surface area contributed by atoms with Gasteiger partial charge in [0.1, 0.15) is 43.7 Å². The van der Waals surface area contributed by atoms with Gasteiger partial charge in [-0.25, -0.2) is 4.79 Å². The monoisotopic (exact) mass is 964 g/mol. The highest BCUT2D eigenvalue weighted by molar-refractivity contribution is 5.73. The van der Waals surface area contributed by atoms with E-state index < -0.39 is 104 Å². The molecule has 19 nitrogen and oxygen atoms in total. The Morgan fingerprint density at radius 2 is 1.04 bits per heavy atom. The number of nitrogens with one attached hydrogen (secondary N) is 2. The predicted octanol–water partition coefficient (Wildman–Crippen LogP) is 4.99. The van der Waals surface area contributed by atoms with Crippen molar-refractivity contribution < 1.29 is 80.9 Å². The Kier molecular flexibility index (Phi) is 22.3. The van der Waals surface area contributed by atoms with E-state index in [9.17, 15) is 28.8 Å². The summed E-state index contributed by atoms with van der Waals surface area (Å²) in [6.45, 7) is 6.27. The first-order chi connectivity index (χ1) is 33.3. The molecule has 0 saturated carbocycles. The zero-order chi connectivity index (χ0) is 49.5. The van der Waals surface area contributed by atoms with Crippen molar-refractivity contribution in [2.75, 3.05) is 26.4 Å². The molecule has 0 spiro atoms. The minimum Gasteiger partial charge on any atom is -0.463 e. The first-order valence-corrected chi connectivity index (χ1v) is 23.0. The van der Waals surface area contributed by atoms with Gasteiger partial charge in [0.15, 0.2) is 30.9 Å². The van der Waals surface area contributed by atoms with Crippen LogP contribution < -0.4 is 10.6 Å². The molecule has 2 amide bonds. The van der Waals surface area contributed by atoms with Crippen molar-refractivity contribution in [2.24, 2.45) is 0 Å². The number of ether oxygens (including phenoxy) is 11. The molecule has 0 aliphatic carbocycles. The van der Waals surface area contributed by atoms with Gasteiger partial charge in [0, 0.05) is 47.8 Å². The Morgan fingerprint density at radius 1 is 0.507 bits per heavy atom. The summed E-state index contributed by atoms with van der Waals surface area (Å²) in [4.78, 5) is 75.2. The fourth-order valence-electron chi connectivity index (χ4n) is 7.76. The van der Waals surface area contributed by atoms with Gasteiger partial charge in [-0.15, -0.1) is 0 Å². The second kappa shape index (κ2) is 28.5. The van der Waals surface area contributed by atoms with Crippen molar-refractivity contribution in [1.82, 2.24) is 10.6 Å². The van der Waals surface area contributed by atoms with E-state index in [1.807, 2.05) is 91.0 Å². The van der Waals surface area contributed by atoms with Gasteiger partial charge in [0.2, 0.25) is 5.91 Å². The lowest BCUT2D eigenvalue weighted by atomic mass is 9.94. The number of benzene rings is 3. The number of esters is 4. The molecular formula is C50H64N2O17. The highest BCUT2D eigenvalue weighted by atomic mass is 16.8. The summed E-state index contributed by atoms with van der Waals surface area (Å²) in [5.41, 5.74) is 2.54. The minimum atomic E-state index is -1.63. The van der Waals surface area contributed by atoms with E-state index in [0.29, 0.717) is 19.4 Å². The third-order valence-corrected chi connectivity index (χ3v) is 10.8. The average molecular weight is 965 g/mol. The molecule has 0 bridgehead atoms. The Morgan fingerprint density at radius 3 is 1.64 bits per heavy atom. The van der Waals surface area contributed by atoms with Crippen molar-refractivity contribution in [1.29, 1.82) is 0 Å². The van der Waals surface area contributed by atoms with Crippen LogP contribution in [-0.4, -0.2) is 124 Å². The van der Waals surface area contributed by atoms with Gasteiger partial charge >= 0.3 is 30.0 Å². The van der Waals surface area contributed by atoms with Crippen molar-refractivity contribution >= 4 is 35.9 Å². The van der Waals surface area contributed by atoms with Gasteiger partial charge in [-0.1, -0.05) is 104 Å². The number of alkyl carbamates (subject to hydrolysis) is 1. The molecule has 5 rings (SSSR count). The molecule has 19 heteroatoms. The van der Waals surface area contributed by atoms with Gasteiger partial charge < -0.3 is 62.7 Å². The van der Waals surface area contributed by atoms with E-state index in [4.69, 9.17) is 52.1 Å². The zero-order valence-corrected chi connectivity index (χ0v) is 39.7. The number of carbonyl (C=O) groups is 6. The molecule has 2 heterocycles. The second-order valence-corrected chi connectivity index (χ2v) is 16.5. The summed E-state index contributed by atoms with van der Waals surface area (Å²) in [6.07, 6.45) is -9.65. The maximum Gasteiger partial charge on any atom is 0.407 e. The Hall–Kier alpha value is -5.96. The summed E-state index contributed by atoms with van der Waals surface area (Å²) in [6, 6.07) is 27.1. The third-order valence-electron chi connectivity index (χ3n) is 10.8. The van der Waals surface area contributed by atoms with E-state index in [-0.39, 0.29) is 33.0 Å². The van der Waals surface area contributed by atoms with Crippen LogP contribution in [0.1, 0.15) is 77.0 Å². The van der Waals surface area contributed by atoms with Crippen LogP contribution >= 0.6 is 0 Å². The smallest absolute Gasteiger partial charge is 0.407 e. The van der Waals surface area contributed by atoms with Crippen LogP contribution in [0, 0.1) is 0 Å². The largest absolute Gasteiger partial charge is 0.463 e. The van der Waals surface area contributed by atoms with Crippen LogP contribution in [0.4, 0.5) is 4.79 Å². The van der Waals surface area contributed by atoms with E-state index in [2.05, 4.69) is 10.6 Å². The topological polar surface area (TPSA) is 228 Å². The summed E-state index contributed by atoms with van der Waals surface area (Å²) in [7, 11) is 0. The molecule has 3 aromatic carbocycles. The fraction of sp³-hybridized carbons (Fsp3) is 0.520. The quantitative estimate of drug-likeness (QED) is 0.0648. The minimum absolute atomic E-state index is 0.0260. The average Bonchev–Trinajstić information content (AvgIpc) is 3.31. The summed E-state index contributed by atoms with van der Waals surface area (Å²) in [5.74, 6) is -3.56. The lowest BCUT2D eigenvalue weighted by Crippen LogP contribution is -2.69. The van der Waals surface area contributed by atoms with Crippen molar-refractivity contribution in [3.8, 4) is 0 Å². The maximum atomic E-state index is 13.0. The van der Waals surface area contributed by atoms with E-state index in [0.717, 1.165) is 50.3 Å². The second-order valence-electron chi connectivity index (χ2n) is 16.5. The molecule has 2 saturated heterocycles. The van der Waals surface area contributed by atoms with Crippen LogP contribution in [0.2, 0.25) is 0 Å². The molecule has 0 radical (unpaired) electrons. The molecule has 2 fully saturated rings. The van der Waals surface area contributed by atoms with Gasteiger partial charge in [-0.3, -0.25) is 24.0 Å². The number of unbranched alkanes of at least 4 members (excludes halogenated alkanes) is 3. The maximum absolute atomic E-state index is 13.0. The van der Waals surface area contributed by atoms with Gasteiger partial charge in [-0.05, 0) is 29.5 Å². The van der Waals surface area contributed by atoms with Crippen molar-refractivity contribution in [2.45, 2.75) is 141 Å². The van der Waals surface area contributed by atoms with Crippen LogP contribution in [0.5, 0.6) is 0 Å². The molecule has 10 atom stereocenters. The highest BCUT2D eigenvalue weighted by Gasteiger charge is 2.56. The van der Waals surface area contributed by atoms with E-state index in [1.54, 1.807) is 0 Å². The normalized spacial score (nSPS) is 24.2. The van der Waals surface area contributed by atoms with Crippen LogP contribution in [-0.2, 0) is 95.9 Å². The van der Waals surface area contributed by atoms with Crippen LogP contribution in [0.25, 0.3) is 0 Å². The molecule has 69 heavy (non-hydrogen) atoms. The summed E-state index contributed by atoms with van der Waals surface area (Å²) >= 11 is 0. The summed E-state index contributed by atoms with van der Waals surface area (Å²) < 4.78 is 66.8. The number of amides is 2. The summed E-state index contributed by atoms with van der Waals surface area (Å²) in [5, 5.41) is 5.71. The fourth-order valence-corrected chi connectivity index (χ4v) is 7.76. The Bertz CT molecular complexity index is 2060. The standard InChI is InChI=1S/C50H64N2O17/c1-32(53)52-42-45(62-28-38-21-13-9-14-22-38)43(69-49-47(66-36(5)57)46(65-35(4)56)44(64-34(3)55)41(68-49)31-61-33(2)54)40(30-59-27-37-19-11-8-12-20-37)67-48(42)60-26-18-7-6-17-25-51-50(58)63-29-39-23-15-10-16-24-39/h8-16,19-24,40-49H,6-7,17-18,25-31H2,1-5H3,(H,51,58)(H,52,53)/t40-,41-,42-,43-,44+,45-,46+,47-,48-,49+/m1/s1. The highest BCUT2D eigenvalue weighted by Crippen LogP contribution is 2.35. The van der Waals surface area contributed by atoms with Gasteiger partial charge in [0.05, 0.1) is 19.8 Å². The van der Waals surface area contributed by atoms with E-state index in [1.165, 1.54) is 13.8 Å². The molecule has 376 valence electrons. The zero-order valence-electron chi connectivity index (χ0n) is 39.7. The first-order valence-electron chi connectivity index (χ1n) is 23.0. The van der Waals surface area contributed by atoms with Crippen molar-refractivity contribution in [3.05, 3.63) is 108 Å². The molecular weight excluding hydrogens is 901 g/mol. The van der Waals surface area contributed by atoms with E-state index >= 15 is 0 Å². The third kappa shape index (κ3) is 18.5.